The molecule has 1 aromatic carbocycles. The normalized spacial score (nSPS) is 13.9. The lowest BCUT2D eigenvalue weighted by molar-refractivity contribution is 0.0719. The SMILES string of the molecule is O=C(c1cccs1)N(Cc1nnc(-c2ccccc2Cl)o1)C1CC1. The summed E-state index contributed by atoms with van der Waals surface area (Å²) >= 11 is 7.61. The average Bonchev–Trinajstić information content (AvgIpc) is 3.10. The molecule has 1 aliphatic rings. The van der Waals surface area contributed by atoms with Gasteiger partial charge in [-0.3, -0.25) is 4.79 Å². The second kappa shape index (κ2) is 6.37. The summed E-state index contributed by atoms with van der Waals surface area (Å²) in [5.74, 6) is 0.807. The Labute approximate surface area is 147 Å². The van der Waals surface area contributed by atoms with Gasteiger partial charge in [-0.15, -0.1) is 21.5 Å². The van der Waals surface area contributed by atoms with Crippen molar-refractivity contribution in [1.29, 1.82) is 0 Å². The van der Waals surface area contributed by atoms with E-state index < -0.39 is 0 Å². The zero-order valence-corrected chi connectivity index (χ0v) is 14.3. The Morgan fingerprint density at radius 1 is 1.25 bits per heavy atom. The smallest absolute Gasteiger partial charge is 0.264 e. The van der Waals surface area contributed by atoms with Gasteiger partial charge in [-0.05, 0) is 36.4 Å². The molecule has 0 radical (unpaired) electrons. The first-order valence-corrected chi connectivity index (χ1v) is 8.90. The van der Waals surface area contributed by atoms with Crippen LogP contribution < -0.4 is 0 Å². The van der Waals surface area contributed by atoms with Crippen LogP contribution in [-0.2, 0) is 6.54 Å². The number of amides is 1. The Hall–Kier alpha value is -2.18. The van der Waals surface area contributed by atoms with Gasteiger partial charge in [0.1, 0.15) is 0 Å². The molecule has 122 valence electrons. The van der Waals surface area contributed by atoms with Crippen LogP contribution >= 0.6 is 22.9 Å². The molecule has 2 aromatic heterocycles. The Balaban J connectivity index is 1.56. The van der Waals surface area contributed by atoms with Gasteiger partial charge in [0.25, 0.3) is 5.91 Å². The van der Waals surface area contributed by atoms with Crippen LogP contribution in [0.1, 0.15) is 28.4 Å². The van der Waals surface area contributed by atoms with Crippen molar-refractivity contribution in [3.8, 4) is 11.5 Å². The lowest BCUT2D eigenvalue weighted by atomic mass is 10.2. The van der Waals surface area contributed by atoms with E-state index in [0.717, 1.165) is 17.7 Å². The summed E-state index contributed by atoms with van der Waals surface area (Å²) in [6, 6.07) is 11.3. The molecular formula is C17H14ClN3O2S. The highest BCUT2D eigenvalue weighted by Crippen LogP contribution is 2.31. The minimum Gasteiger partial charge on any atom is -0.419 e. The third-order valence-electron chi connectivity index (χ3n) is 3.86. The van der Waals surface area contributed by atoms with E-state index in [4.69, 9.17) is 16.0 Å². The minimum absolute atomic E-state index is 0.0185. The van der Waals surface area contributed by atoms with Gasteiger partial charge >= 0.3 is 0 Å². The molecule has 4 rings (SSSR count). The third-order valence-corrected chi connectivity index (χ3v) is 5.04. The number of thiophene rings is 1. The average molecular weight is 360 g/mol. The summed E-state index contributed by atoms with van der Waals surface area (Å²) in [5.41, 5.74) is 0.695. The van der Waals surface area contributed by atoms with E-state index in [1.165, 1.54) is 11.3 Å². The topological polar surface area (TPSA) is 59.2 Å². The number of hydrogen-bond acceptors (Lipinski definition) is 5. The molecule has 1 amide bonds. The van der Waals surface area contributed by atoms with E-state index >= 15 is 0 Å². The van der Waals surface area contributed by atoms with E-state index in [2.05, 4.69) is 10.2 Å². The predicted octanol–water partition coefficient (Wildman–Crippen LogP) is 4.26. The monoisotopic (exact) mass is 359 g/mol. The molecule has 0 bridgehead atoms. The lowest BCUT2D eigenvalue weighted by Gasteiger charge is -2.19. The van der Waals surface area contributed by atoms with E-state index in [0.29, 0.717) is 28.9 Å². The molecule has 1 aliphatic carbocycles. The summed E-state index contributed by atoms with van der Waals surface area (Å²) < 4.78 is 5.73. The van der Waals surface area contributed by atoms with Crippen molar-refractivity contribution in [2.45, 2.75) is 25.4 Å². The van der Waals surface area contributed by atoms with Crippen molar-refractivity contribution >= 4 is 28.8 Å². The van der Waals surface area contributed by atoms with Crippen molar-refractivity contribution in [3.05, 3.63) is 57.6 Å². The summed E-state index contributed by atoms with van der Waals surface area (Å²) in [6.07, 6.45) is 2.03. The highest BCUT2D eigenvalue weighted by atomic mass is 35.5. The molecule has 0 N–H and O–H groups in total. The zero-order chi connectivity index (χ0) is 16.5. The van der Waals surface area contributed by atoms with Gasteiger partial charge in [-0.25, -0.2) is 0 Å². The molecule has 7 heteroatoms. The number of halogens is 1. The third kappa shape index (κ3) is 3.07. The van der Waals surface area contributed by atoms with Crippen molar-refractivity contribution < 1.29 is 9.21 Å². The number of aromatic nitrogens is 2. The van der Waals surface area contributed by atoms with Crippen LogP contribution in [0.4, 0.5) is 0 Å². The van der Waals surface area contributed by atoms with Crippen LogP contribution in [0.3, 0.4) is 0 Å². The number of benzene rings is 1. The van der Waals surface area contributed by atoms with Gasteiger partial charge in [0.2, 0.25) is 11.8 Å². The van der Waals surface area contributed by atoms with Crippen molar-refractivity contribution in [2.24, 2.45) is 0 Å². The van der Waals surface area contributed by atoms with Gasteiger partial charge in [0.05, 0.1) is 22.0 Å². The highest BCUT2D eigenvalue weighted by Gasteiger charge is 2.34. The standard InChI is InChI=1S/C17H14ClN3O2S/c18-13-5-2-1-4-12(13)16-20-19-15(23-16)10-21(11-7-8-11)17(22)14-6-3-9-24-14/h1-6,9,11H,7-8,10H2. The molecule has 0 spiro atoms. The Morgan fingerprint density at radius 3 is 2.79 bits per heavy atom. The predicted molar refractivity (Wildman–Crippen MR) is 92.0 cm³/mol. The van der Waals surface area contributed by atoms with Crippen LogP contribution in [-0.4, -0.2) is 27.0 Å². The van der Waals surface area contributed by atoms with Gasteiger partial charge in [0.15, 0.2) is 0 Å². The Bertz CT molecular complexity index is 858. The molecule has 0 saturated heterocycles. The number of carbonyl (C=O) groups excluding carboxylic acids is 1. The summed E-state index contributed by atoms with van der Waals surface area (Å²) in [6.45, 7) is 0.318. The van der Waals surface area contributed by atoms with Crippen molar-refractivity contribution in [3.63, 3.8) is 0 Å². The second-order valence-corrected chi connectivity index (χ2v) is 6.98. The van der Waals surface area contributed by atoms with Gasteiger partial charge in [-0.1, -0.05) is 29.8 Å². The van der Waals surface area contributed by atoms with Gasteiger partial charge in [-0.2, -0.15) is 0 Å². The molecule has 0 atom stereocenters. The minimum atomic E-state index is 0.0185. The maximum atomic E-state index is 12.6. The molecular weight excluding hydrogens is 346 g/mol. The second-order valence-electron chi connectivity index (χ2n) is 5.62. The fourth-order valence-electron chi connectivity index (χ4n) is 2.50. The fraction of sp³-hybridized carbons (Fsp3) is 0.235. The van der Waals surface area contributed by atoms with Crippen LogP contribution in [0, 0.1) is 0 Å². The summed E-state index contributed by atoms with van der Waals surface area (Å²) in [5, 5.41) is 10.6. The zero-order valence-electron chi connectivity index (χ0n) is 12.7. The summed E-state index contributed by atoms with van der Waals surface area (Å²) in [4.78, 5) is 15.2. The molecule has 24 heavy (non-hydrogen) atoms. The number of nitrogens with zero attached hydrogens (tertiary/aromatic N) is 3. The largest absolute Gasteiger partial charge is 0.419 e. The molecule has 0 unspecified atom stereocenters. The molecule has 0 aliphatic heterocycles. The quantitative estimate of drug-likeness (QED) is 0.683. The van der Waals surface area contributed by atoms with E-state index in [1.807, 2.05) is 40.6 Å². The first kappa shape index (κ1) is 15.4. The summed E-state index contributed by atoms with van der Waals surface area (Å²) in [7, 11) is 0. The Kier molecular flexibility index (Phi) is 4.08. The van der Waals surface area contributed by atoms with E-state index in [1.54, 1.807) is 6.07 Å². The van der Waals surface area contributed by atoms with Crippen LogP contribution in [0.5, 0.6) is 0 Å². The molecule has 5 nitrogen and oxygen atoms in total. The molecule has 1 saturated carbocycles. The van der Waals surface area contributed by atoms with Gasteiger partial charge in [0, 0.05) is 6.04 Å². The number of hydrogen-bond donors (Lipinski definition) is 0. The fourth-order valence-corrected chi connectivity index (χ4v) is 3.40. The van der Waals surface area contributed by atoms with E-state index in [-0.39, 0.29) is 11.9 Å². The van der Waals surface area contributed by atoms with Crippen LogP contribution in [0.2, 0.25) is 5.02 Å². The van der Waals surface area contributed by atoms with Crippen LogP contribution in [0.25, 0.3) is 11.5 Å². The maximum Gasteiger partial charge on any atom is 0.264 e. The molecule has 3 aromatic rings. The molecule has 1 fully saturated rings. The Morgan fingerprint density at radius 2 is 2.08 bits per heavy atom. The lowest BCUT2D eigenvalue weighted by Crippen LogP contribution is -2.32. The van der Waals surface area contributed by atoms with Crippen molar-refractivity contribution in [2.75, 3.05) is 0 Å². The van der Waals surface area contributed by atoms with Crippen molar-refractivity contribution in [1.82, 2.24) is 15.1 Å². The maximum absolute atomic E-state index is 12.6. The molecule has 2 heterocycles. The van der Waals surface area contributed by atoms with Crippen LogP contribution in [0.15, 0.2) is 46.2 Å². The highest BCUT2D eigenvalue weighted by molar-refractivity contribution is 7.12. The number of rotatable bonds is 5. The first-order chi connectivity index (χ1) is 11.7. The number of carbonyl (C=O) groups is 1. The van der Waals surface area contributed by atoms with E-state index in [9.17, 15) is 4.79 Å². The van der Waals surface area contributed by atoms with Gasteiger partial charge < -0.3 is 9.32 Å². The first-order valence-electron chi connectivity index (χ1n) is 7.64.